The quantitative estimate of drug-likeness (QED) is 0.766. The second kappa shape index (κ2) is 5.54. The smallest absolute Gasteiger partial charge is 0.125 e. The molecule has 0 N–H and O–H groups in total. The van der Waals surface area contributed by atoms with E-state index in [2.05, 4.69) is 31.5 Å². The van der Waals surface area contributed by atoms with Crippen LogP contribution in [0.25, 0.3) is 11.0 Å². The summed E-state index contributed by atoms with van der Waals surface area (Å²) in [6, 6.07) is 6.45. The molecule has 2 aromatic rings. The number of fused-ring (bicyclic) bond motifs is 1. The summed E-state index contributed by atoms with van der Waals surface area (Å²) in [5, 5.41) is 0. The fraction of sp³-hybridized carbons (Fsp3) is 0.462. The monoisotopic (exact) mass is 360 g/mol. The Morgan fingerprint density at radius 2 is 2.16 bits per heavy atom. The van der Waals surface area contributed by atoms with E-state index >= 15 is 0 Å². The molecule has 6 heteroatoms. The van der Waals surface area contributed by atoms with Crippen molar-refractivity contribution in [3.8, 4) is 0 Å². The molecule has 0 unspecified atom stereocenters. The van der Waals surface area contributed by atoms with Crippen molar-refractivity contribution < 1.29 is 4.21 Å². The van der Waals surface area contributed by atoms with Crippen molar-refractivity contribution in [3.05, 3.63) is 28.5 Å². The van der Waals surface area contributed by atoms with Gasteiger partial charge in [-0.15, -0.1) is 11.6 Å². The fourth-order valence-corrected chi connectivity index (χ4v) is 4.47. The third-order valence-electron chi connectivity index (χ3n) is 3.57. The molecule has 0 amide bonds. The molecule has 3 rings (SSSR count). The number of imidazole rings is 1. The van der Waals surface area contributed by atoms with Crippen LogP contribution in [0.4, 0.5) is 0 Å². The first-order valence-corrected chi connectivity index (χ1v) is 9.08. The van der Waals surface area contributed by atoms with E-state index < -0.39 is 10.8 Å². The van der Waals surface area contributed by atoms with Gasteiger partial charge >= 0.3 is 0 Å². The Bertz CT molecular complexity index is 633. The van der Waals surface area contributed by atoms with Crippen molar-refractivity contribution in [2.24, 2.45) is 0 Å². The summed E-state index contributed by atoms with van der Waals surface area (Å²) < 4.78 is 14.8. The maximum Gasteiger partial charge on any atom is 0.125 e. The van der Waals surface area contributed by atoms with E-state index in [0.29, 0.717) is 11.9 Å². The second-order valence-corrected chi connectivity index (χ2v) is 7.62. The summed E-state index contributed by atoms with van der Waals surface area (Å²) in [6.45, 7) is 0. The van der Waals surface area contributed by atoms with E-state index in [4.69, 9.17) is 11.6 Å². The number of nitrogens with zero attached hydrogens (tertiary/aromatic N) is 2. The van der Waals surface area contributed by atoms with E-state index in [1.807, 2.05) is 12.1 Å². The highest BCUT2D eigenvalue weighted by Crippen LogP contribution is 2.30. The van der Waals surface area contributed by atoms with E-state index in [1.165, 1.54) is 0 Å². The van der Waals surface area contributed by atoms with Gasteiger partial charge in [-0.2, -0.15) is 0 Å². The van der Waals surface area contributed by atoms with Gasteiger partial charge in [-0.05, 0) is 31.0 Å². The zero-order valence-corrected chi connectivity index (χ0v) is 13.5. The minimum Gasteiger partial charge on any atom is -0.324 e. The van der Waals surface area contributed by atoms with Crippen LogP contribution in [0.1, 0.15) is 24.7 Å². The Balaban J connectivity index is 2.09. The Morgan fingerprint density at radius 1 is 1.42 bits per heavy atom. The third-order valence-corrected chi connectivity index (χ3v) is 5.68. The van der Waals surface area contributed by atoms with Gasteiger partial charge in [0.2, 0.25) is 0 Å². The van der Waals surface area contributed by atoms with Crippen molar-refractivity contribution >= 4 is 49.4 Å². The van der Waals surface area contributed by atoms with Crippen LogP contribution in [0.3, 0.4) is 0 Å². The van der Waals surface area contributed by atoms with Crippen molar-refractivity contribution in [1.29, 1.82) is 0 Å². The van der Waals surface area contributed by atoms with Gasteiger partial charge in [-0.3, -0.25) is 4.21 Å². The average Bonchev–Trinajstić information content (AvgIpc) is 2.77. The molecular weight excluding hydrogens is 348 g/mol. The van der Waals surface area contributed by atoms with E-state index in [-0.39, 0.29) is 0 Å². The van der Waals surface area contributed by atoms with E-state index in [9.17, 15) is 4.21 Å². The van der Waals surface area contributed by atoms with Gasteiger partial charge in [0.1, 0.15) is 5.82 Å². The Labute approximate surface area is 127 Å². The van der Waals surface area contributed by atoms with E-state index in [0.717, 1.165) is 45.7 Å². The number of hydrogen-bond acceptors (Lipinski definition) is 2. The molecule has 1 aromatic heterocycles. The van der Waals surface area contributed by atoms with Gasteiger partial charge in [-0.25, -0.2) is 4.98 Å². The van der Waals surface area contributed by atoms with Crippen LogP contribution in [0.5, 0.6) is 0 Å². The Morgan fingerprint density at radius 3 is 2.84 bits per heavy atom. The molecule has 1 saturated heterocycles. The van der Waals surface area contributed by atoms with Crippen LogP contribution in [0, 0.1) is 0 Å². The van der Waals surface area contributed by atoms with Gasteiger partial charge in [0.05, 0.1) is 16.9 Å². The molecular formula is C13H14BrClN2OS. The summed E-state index contributed by atoms with van der Waals surface area (Å²) in [6.07, 6.45) is 1.88. The van der Waals surface area contributed by atoms with Gasteiger partial charge in [0.25, 0.3) is 0 Å². The maximum atomic E-state index is 11.5. The molecule has 3 nitrogen and oxygen atoms in total. The van der Waals surface area contributed by atoms with E-state index in [1.54, 1.807) is 0 Å². The maximum absolute atomic E-state index is 11.5. The summed E-state index contributed by atoms with van der Waals surface area (Å²) in [5.74, 6) is 2.87. The lowest BCUT2D eigenvalue weighted by Crippen LogP contribution is -2.22. The highest BCUT2D eigenvalue weighted by molar-refractivity contribution is 9.10. The molecule has 0 saturated carbocycles. The van der Waals surface area contributed by atoms with Crippen LogP contribution in [-0.4, -0.2) is 25.3 Å². The van der Waals surface area contributed by atoms with Gasteiger partial charge in [0.15, 0.2) is 0 Å². The van der Waals surface area contributed by atoms with Crippen LogP contribution < -0.4 is 0 Å². The third kappa shape index (κ3) is 2.60. The molecule has 1 aliphatic rings. The van der Waals surface area contributed by atoms with Crippen molar-refractivity contribution in [2.75, 3.05) is 11.5 Å². The number of aromatic nitrogens is 2. The Kier molecular flexibility index (Phi) is 3.96. The molecule has 19 heavy (non-hydrogen) atoms. The zero-order valence-electron chi connectivity index (χ0n) is 10.3. The first-order valence-electron chi connectivity index (χ1n) is 6.26. The number of alkyl halides is 1. The number of hydrogen-bond donors (Lipinski definition) is 0. The van der Waals surface area contributed by atoms with Gasteiger partial charge in [0, 0.05) is 32.8 Å². The Hall–Kier alpha value is -0.390. The summed E-state index contributed by atoms with van der Waals surface area (Å²) in [7, 11) is -0.645. The largest absolute Gasteiger partial charge is 0.324 e. The summed E-state index contributed by atoms with van der Waals surface area (Å²) in [5.41, 5.74) is 2.09. The lowest BCUT2D eigenvalue weighted by molar-refractivity contribution is 0.462. The minimum absolute atomic E-state index is 0.366. The predicted molar refractivity (Wildman–Crippen MR) is 83.1 cm³/mol. The SMILES string of the molecule is O=S1CCC(n2c(CCl)nc3ccc(Br)cc32)CC1. The molecule has 0 aliphatic carbocycles. The molecule has 0 atom stereocenters. The molecule has 0 radical (unpaired) electrons. The van der Waals surface area contributed by atoms with Crippen molar-refractivity contribution in [3.63, 3.8) is 0 Å². The highest BCUT2D eigenvalue weighted by atomic mass is 79.9. The fourth-order valence-electron chi connectivity index (χ4n) is 2.66. The summed E-state index contributed by atoms with van der Waals surface area (Å²) in [4.78, 5) is 4.60. The zero-order chi connectivity index (χ0) is 13.4. The lowest BCUT2D eigenvalue weighted by atomic mass is 10.1. The first kappa shape index (κ1) is 13.6. The molecule has 0 bridgehead atoms. The topological polar surface area (TPSA) is 34.9 Å². The molecule has 1 fully saturated rings. The first-order chi connectivity index (χ1) is 9.19. The average molecular weight is 362 g/mol. The van der Waals surface area contributed by atoms with Crippen LogP contribution in [0.15, 0.2) is 22.7 Å². The number of halogens is 2. The van der Waals surface area contributed by atoms with Gasteiger partial charge in [-0.1, -0.05) is 15.9 Å². The van der Waals surface area contributed by atoms with Crippen molar-refractivity contribution in [2.45, 2.75) is 24.8 Å². The normalized spacial score (nSPS) is 23.9. The van der Waals surface area contributed by atoms with Crippen molar-refractivity contribution in [1.82, 2.24) is 9.55 Å². The van der Waals surface area contributed by atoms with Gasteiger partial charge < -0.3 is 4.57 Å². The molecule has 0 spiro atoms. The second-order valence-electron chi connectivity index (χ2n) is 4.74. The predicted octanol–water partition coefficient (Wildman–Crippen LogP) is 3.62. The van der Waals surface area contributed by atoms with Crippen LogP contribution in [-0.2, 0) is 16.7 Å². The van der Waals surface area contributed by atoms with Crippen LogP contribution in [0.2, 0.25) is 0 Å². The molecule has 1 aliphatic heterocycles. The number of benzene rings is 1. The van der Waals surface area contributed by atoms with Crippen LogP contribution >= 0.6 is 27.5 Å². The molecule has 2 heterocycles. The standard InChI is InChI=1S/C13H14BrClN2OS/c14-9-1-2-11-12(7-9)17(13(8-15)16-11)10-3-5-19(18)6-4-10/h1-2,7,10H,3-6,8H2. The minimum atomic E-state index is -0.645. The highest BCUT2D eigenvalue weighted by Gasteiger charge is 2.23. The lowest BCUT2D eigenvalue weighted by Gasteiger charge is -2.25. The molecule has 102 valence electrons. The summed E-state index contributed by atoms with van der Waals surface area (Å²) >= 11 is 9.54. The number of rotatable bonds is 2. The molecule has 1 aromatic carbocycles.